The van der Waals surface area contributed by atoms with E-state index in [9.17, 15) is 4.79 Å². The number of carbonyl (C=O) groups is 1. The molecule has 2 rings (SSSR count). The molecule has 0 atom stereocenters. The molecule has 2 aliphatic rings. The Morgan fingerprint density at radius 1 is 1.05 bits per heavy atom. The summed E-state index contributed by atoms with van der Waals surface area (Å²) >= 11 is 0. The summed E-state index contributed by atoms with van der Waals surface area (Å²) in [4.78, 5) is 17.1. The molecule has 0 radical (unpaired) electrons. The molecule has 0 unspecified atom stereocenters. The van der Waals surface area contributed by atoms with Crippen LogP contribution in [-0.2, 0) is 4.79 Å². The first kappa shape index (κ1) is 16.8. The molecule has 1 amide bonds. The van der Waals surface area contributed by atoms with Crippen molar-refractivity contribution in [3.05, 3.63) is 0 Å². The Bertz CT molecular complexity index is 312. The number of likely N-dealkylation sites (N-methyl/N-ethyl adjacent to an activating group) is 1. The van der Waals surface area contributed by atoms with Gasteiger partial charge in [-0.25, -0.2) is 0 Å². The molecule has 122 valence electrons. The van der Waals surface area contributed by atoms with Crippen molar-refractivity contribution in [2.75, 3.05) is 26.2 Å². The second-order valence-electron chi connectivity index (χ2n) is 6.60. The van der Waals surface area contributed by atoms with E-state index < -0.39 is 0 Å². The van der Waals surface area contributed by atoms with Crippen LogP contribution in [-0.4, -0.2) is 59.1 Å². The molecule has 0 heterocycles. The fourth-order valence-corrected chi connectivity index (χ4v) is 3.71. The predicted molar refractivity (Wildman–Crippen MR) is 85.2 cm³/mol. The van der Waals surface area contributed by atoms with Crippen LogP contribution < -0.4 is 0 Å². The van der Waals surface area contributed by atoms with Crippen molar-refractivity contribution >= 4 is 5.91 Å². The van der Waals surface area contributed by atoms with Crippen LogP contribution in [0.25, 0.3) is 0 Å². The topological polar surface area (TPSA) is 43.8 Å². The average Bonchev–Trinajstić information content (AvgIpc) is 2.45. The van der Waals surface area contributed by atoms with E-state index in [1.807, 2.05) is 0 Å². The monoisotopic (exact) mass is 296 g/mol. The van der Waals surface area contributed by atoms with E-state index in [1.54, 1.807) is 0 Å². The summed E-state index contributed by atoms with van der Waals surface area (Å²) in [6, 6.07) is 1.04. The average molecular weight is 296 g/mol. The van der Waals surface area contributed by atoms with Crippen molar-refractivity contribution < 1.29 is 9.90 Å². The summed E-state index contributed by atoms with van der Waals surface area (Å²) in [6.45, 7) is 4.57. The van der Waals surface area contributed by atoms with Gasteiger partial charge in [0.05, 0.1) is 6.54 Å². The van der Waals surface area contributed by atoms with Crippen LogP contribution in [0.3, 0.4) is 0 Å². The summed E-state index contributed by atoms with van der Waals surface area (Å²) in [5, 5.41) is 9.06. The molecular formula is C17H32N2O2. The third-order valence-corrected chi connectivity index (χ3v) is 5.21. The number of aliphatic hydroxyl groups excluding tert-OH is 1. The SMILES string of the molecule is CCN(C(=O)CN(CCCO)C1CCC1)C1CCCCC1. The molecular weight excluding hydrogens is 264 g/mol. The zero-order valence-electron chi connectivity index (χ0n) is 13.6. The Morgan fingerprint density at radius 3 is 2.24 bits per heavy atom. The molecule has 0 saturated heterocycles. The van der Waals surface area contributed by atoms with Crippen LogP contribution in [0.4, 0.5) is 0 Å². The largest absolute Gasteiger partial charge is 0.396 e. The Kier molecular flexibility index (Phi) is 6.97. The molecule has 2 fully saturated rings. The van der Waals surface area contributed by atoms with Gasteiger partial charge < -0.3 is 10.0 Å². The van der Waals surface area contributed by atoms with Gasteiger partial charge in [0.25, 0.3) is 0 Å². The first-order valence-electron chi connectivity index (χ1n) is 8.90. The normalized spacial score (nSPS) is 20.5. The zero-order valence-corrected chi connectivity index (χ0v) is 13.6. The highest BCUT2D eigenvalue weighted by atomic mass is 16.3. The minimum absolute atomic E-state index is 0.220. The summed E-state index contributed by atoms with van der Waals surface area (Å²) in [6.07, 6.45) is 10.7. The molecule has 0 aromatic heterocycles. The lowest BCUT2D eigenvalue weighted by molar-refractivity contribution is -0.136. The smallest absolute Gasteiger partial charge is 0.236 e. The van der Waals surface area contributed by atoms with Crippen molar-refractivity contribution in [2.45, 2.75) is 76.8 Å². The maximum Gasteiger partial charge on any atom is 0.236 e. The number of hydrogen-bond acceptors (Lipinski definition) is 3. The first-order chi connectivity index (χ1) is 10.3. The first-order valence-corrected chi connectivity index (χ1v) is 8.90. The van der Waals surface area contributed by atoms with Gasteiger partial charge in [-0.3, -0.25) is 9.69 Å². The lowest BCUT2D eigenvalue weighted by Crippen LogP contribution is -2.50. The molecule has 0 spiro atoms. The zero-order chi connectivity index (χ0) is 15.1. The van der Waals surface area contributed by atoms with Gasteiger partial charge in [0.2, 0.25) is 5.91 Å². The molecule has 0 aliphatic heterocycles. The van der Waals surface area contributed by atoms with E-state index in [4.69, 9.17) is 5.11 Å². The number of amides is 1. The highest BCUT2D eigenvalue weighted by molar-refractivity contribution is 5.78. The van der Waals surface area contributed by atoms with E-state index >= 15 is 0 Å². The van der Waals surface area contributed by atoms with Crippen LogP contribution in [0.2, 0.25) is 0 Å². The molecule has 0 aromatic rings. The maximum absolute atomic E-state index is 12.7. The highest BCUT2D eigenvalue weighted by Crippen LogP contribution is 2.26. The van der Waals surface area contributed by atoms with Crippen molar-refractivity contribution in [3.8, 4) is 0 Å². The van der Waals surface area contributed by atoms with Crippen LogP contribution >= 0.6 is 0 Å². The summed E-state index contributed by atoms with van der Waals surface area (Å²) in [5.74, 6) is 0.300. The fourth-order valence-electron chi connectivity index (χ4n) is 3.71. The van der Waals surface area contributed by atoms with Crippen LogP contribution in [0, 0.1) is 0 Å². The van der Waals surface area contributed by atoms with Crippen molar-refractivity contribution in [3.63, 3.8) is 0 Å². The van der Waals surface area contributed by atoms with Gasteiger partial charge in [0.15, 0.2) is 0 Å². The molecule has 1 N–H and O–H groups in total. The lowest BCUT2D eigenvalue weighted by atomic mass is 9.91. The Morgan fingerprint density at radius 2 is 1.71 bits per heavy atom. The summed E-state index contributed by atoms with van der Waals surface area (Å²) in [7, 11) is 0. The predicted octanol–water partition coefficient (Wildman–Crippen LogP) is 2.40. The fraction of sp³-hybridized carbons (Fsp3) is 0.941. The number of hydrogen-bond donors (Lipinski definition) is 1. The second-order valence-corrected chi connectivity index (χ2v) is 6.60. The molecule has 4 nitrogen and oxygen atoms in total. The van der Waals surface area contributed by atoms with Crippen LogP contribution in [0.1, 0.15) is 64.7 Å². The van der Waals surface area contributed by atoms with Crippen LogP contribution in [0.15, 0.2) is 0 Å². The van der Waals surface area contributed by atoms with Gasteiger partial charge in [-0.2, -0.15) is 0 Å². The third-order valence-electron chi connectivity index (χ3n) is 5.21. The van der Waals surface area contributed by atoms with Crippen molar-refractivity contribution in [1.29, 1.82) is 0 Å². The number of carbonyl (C=O) groups excluding carboxylic acids is 1. The maximum atomic E-state index is 12.7. The number of aliphatic hydroxyl groups is 1. The number of nitrogens with zero attached hydrogens (tertiary/aromatic N) is 2. The van der Waals surface area contributed by atoms with E-state index in [0.29, 0.717) is 24.5 Å². The van der Waals surface area contributed by atoms with Gasteiger partial charge in [-0.05, 0) is 39.0 Å². The van der Waals surface area contributed by atoms with Crippen LogP contribution in [0.5, 0.6) is 0 Å². The standard InChI is InChI=1S/C17H32N2O2/c1-2-19(16-8-4-3-5-9-16)17(21)14-18(12-7-13-20)15-10-6-11-15/h15-16,20H,2-14H2,1H3. The van der Waals surface area contributed by atoms with Crippen molar-refractivity contribution in [1.82, 2.24) is 9.80 Å². The minimum atomic E-state index is 0.220. The van der Waals surface area contributed by atoms with E-state index in [0.717, 1.165) is 19.5 Å². The van der Waals surface area contributed by atoms with E-state index in [1.165, 1.54) is 51.4 Å². The van der Waals surface area contributed by atoms with Gasteiger partial charge >= 0.3 is 0 Å². The quantitative estimate of drug-likeness (QED) is 0.748. The molecule has 0 aromatic carbocycles. The Balaban J connectivity index is 1.88. The second kappa shape index (κ2) is 8.74. The van der Waals surface area contributed by atoms with Gasteiger partial charge in [0.1, 0.15) is 0 Å². The molecule has 2 saturated carbocycles. The third kappa shape index (κ3) is 4.68. The molecule has 4 heteroatoms. The molecule has 0 bridgehead atoms. The Labute approximate surface area is 129 Å². The Hall–Kier alpha value is -0.610. The summed E-state index contributed by atoms with van der Waals surface area (Å²) in [5.41, 5.74) is 0. The highest BCUT2D eigenvalue weighted by Gasteiger charge is 2.29. The van der Waals surface area contributed by atoms with Gasteiger partial charge in [-0.15, -0.1) is 0 Å². The van der Waals surface area contributed by atoms with E-state index in [2.05, 4.69) is 16.7 Å². The number of rotatable bonds is 8. The van der Waals surface area contributed by atoms with Gasteiger partial charge in [-0.1, -0.05) is 25.7 Å². The van der Waals surface area contributed by atoms with E-state index in [-0.39, 0.29) is 6.61 Å². The van der Waals surface area contributed by atoms with Crippen molar-refractivity contribution in [2.24, 2.45) is 0 Å². The molecule has 21 heavy (non-hydrogen) atoms. The lowest BCUT2D eigenvalue weighted by Gasteiger charge is -2.40. The molecule has 2 aliphatic carbocycles. The minimum Gasteiger partial charge on any atom is -0.396 e. The summed E-state index contributed by atoms with van der Waals surface area (Å²) < 4.78 is 0. The van der Waals surface area contributed by atoms with Gasteiger partial charge in [0, 0.05) is 31.8 Å².